The van der Waals surface area contributed by atoms with Crippen molar-refractivity contribution in [3.8, 4) is 0 Å². The van der Waals surface area contributed by atoms with Gasteiger partial charge in [-0.15, -0.1) is 0 Å². The predicted molar refractivity (Wildman–Crippen MR) is 60.7 cm³/mol. The van der Waals surface area contributed by atoms with Gasteiger partial charge in [0.1, 0.15) is 6.61 Å². The van der Waals surface area contributed by atoms with Gasteiger partial charge in [-0.3, -0.25) is 0 Å². The summed E-state index contributed by atoms with van der Waals surface area (Å²) in [6.07, 6.45) is 0. The van der Waals surface area contributed by atoms with Crippen molar-refractivity contribution in [3.63, 3.8) is 0 Å². The van der Waals surface area contributed by atoms with Crippen molar-refractivity contribution < 1.29 is 9.53 Å². The molecule has 0 bridgehead atoms. The minimum atomic E-state index is -0.343. The number of esters is 1. The Morgan fingerprint density at radius 3 is 2.67 bits per heavy atom. The average Bonchev–Trinajstić information content (AvgIpc) is 2.25. The first kappa shape index (κ1) is 11.3. The molecule has 1 aromatic carbocycles. The molecule has 0 atom stereocenters. The maximum absolute atomic E-state index is 11.0. The predicted octanol–water partition coefficient (Wildman–Crippen LogP) is 2.22. The van der Waals surface area contributed by atoms with Gasteiger partial charge >= 0.3 is 5.97 Å². The highest BCUT2D eigenvalue weighted by molar-refractivity contribution is 5.86. The minimum absolute atomic E-state index is 0.343. The summed E-state index contributed by atoms with van der Waals surface area (Å²) in [5.41, 5.74) is 1.44. The molecular formula is C12H15NO2. The molecule has 0 saturated heterocycles. The Morgan fingerprint density at radius 1 is 1.40 bits per heavy atom. The van der Waals surface area contributed by atoms with E-state index in [4.69, 9.17) is 4.74 Å². The summed E-state index contributed by atoms with van der Waals surface area (Å²) in [6, 6.07) is 9.76. The smallest absolute Gasteiger partial charge is 0.333 e. The molecule has 1 aromatic rings. The lowest BCUT2D eigenvalue weighted by Gasteiger charge is -2.06. The highest BCUT2D eigenvalue weighted by Crippen LogP contribution is 2.03. The number of para-hydroxylation sites is 1. The number of nitrogens with one attached hydrogen (secondary N) is 1. The van der Waals surface area contributed by atoms with Gasteiger partial charge < -0.3 is 10.1 Å². The minimum Gasteiger partial charge on any atom is -0.460 e. The maximum Gasteiger partial charge on any atom is 0.333 e. The van der Waals surface area contributed by atoms with Crippen LogP contribution in [0.25, 0.3) is 0 Å². The van der Waals surface area contributed by atoms with Crippen LogP contribution >= 0.6 is 0 Å². The Labute approximate surface area is 89.8 Å². The van der Waals surface area contributed by atoms with E-state index < -0.39 is 0 Å². The largest absolute Gasteiger partial charge is 0.460 e. The van der Waals surface area contributed by atoms with Crippen LogP contribution in [0.4, 0.5) is 5.69 Å². The number of benzene rings is 1. The van der Waals surface area contributed by atoms with Gasteiger partial charge in [0.2, 0.25) is 0 Å². The Balaban J connectivity index is 2.18. The van der Waals surface area contributed by atoms with E-state index in [-0.39, 0.29) is 5.97 Å². The molecule has 0 amide bonds. The monoisotopic (exact) mass is 205 g/mol. The average molecular weight is 205 g/mol. The molecule has 0 aliphatic heterocycles. The van der Waals surface area contributed by atoms with E-state index in [0.717, 1.165) is 5.69 Å². The molecule has 0 aliphatic rings. The second-order valence-corrected chi connectivity index (χ2v) is 3.21. The summed E-state index contributed by atoms with van der Waals surface area (Å²) in [5, 5.41) is 3.13. The Hall–Kier alpha value is -1.77. The third-order valence-corrected chi connectivity index (χ3v) is 1.79. The SMILES string of the molecule is C=C(C)C(=O)OCCNc1ccccc1. The summed E-state index contributed by atoms with van der Waals surface area (Å²) in [7, 11) is 0. The molecule has 80 valence electrons. The van der Waals surface area contributed by atoms with E-state index in [1.54, 1.807) is 6.92 Å². The number of hydrogen-bond donors (Lipinski definition) is 1. The summed E-state index contributed by atoms with van der Waals surface area (Å²) in [4.78, 5) is 11.0. The lowest BCUT2D eigenvalue weighted by Crippen LogP contribution is -2.13. The number of carbonyl (C=O) groups is 1. The maximum atomic E-state index is 11.0. The van der Waals surface area contributed by atoms with Gasteiger partial charge in [-0.25, -0.2) is 4.79 Å². The molecule has 0 radical (unpaired) electrons. The Kier molecular flexibility index (Phi) is 4.41. The van der Waals surface area contributed by atoms with Crippen LogP contribution in [0.5, 0.6) is 0 Å². The van der Waals surface area contributed by atoms with Crippen LogP contribution < -0.4 is 5.32 Å². The molecule has 0 heterocycles. The van der Waals surface area contributed by atoms with Crippen molar-refractivity contribution in [2.75, 3.05) is 18.5 Å². The first-order valence-electron chi connectivity index (χ1n) is 4.81. The summed E-state index contributed by atoms with van der Waals surface area (Å²) in [5.74, 6) is -0.343. The van der Waals surface area contributed by atoms with Gasteiger partial charge in [0.15, 0.2) is 0 Å². The fourth-order valence-electron chi connectivity index (χ4n) is 1.02. The molecule has 0 aliphatic carbocycles. The van der Waals surface area contributed by atoms with Gasteiger partial charge in [0.05, 0.1) is 0 Å². The van der Waals surface area contributed by atoms with Crippen LogP contribution in [0, 0.1) is 0 Å². The van der Waals surface area contributed by atoms with Gasteiger partial charge in [0.25, 0.3) is 0 Å². The molecule has 3 heteroatoms. The molecule has 1 N–H and O–H groups in total. The third-order valence-electron chi connectivity index (χ3n) is 1.79. The van der Waals surface area contributed by atoms with Crippen LogP contribution in [0.1, 0.15) is 6.92 Å². The van der Waals surface area contributed by atoms with Crippen LogP contribution in [-0.2, 0) is 9.53 Å². The van der Waals surface area contributed by atoms with Gasteiger partial charge in [0, 0.05) is 17.8 Å². The summed E-state index contributed by atoms with van der Waals surface area (Å²) in [6.45, 7) is 6.08. The first-order chi connectivity index (χ1) is 7.20. The molecule has 0 unspecified atom stereocenters. The zero-order valence-corrected chi connectivity index (χ0v) is 8.82. The van der Waals surface area contributed by atoms with Crippen LogP contribution in [0.3, 0.4) is 0 Å². The number of hydrogen-bond acceptors (Lipinski definition) is 3. The zero-order valence-electron chi connectivity index (χ0n) is 8.82. The molecular weight excluding hydrogens is 190 g/mol. The molecule has 0 spiro atoms. The fraction of sp³-hybridized carbons (Fsp3) is 0.250. The second-order valence-electron chi connectivity index (χ2n) is 3.21. The van der Waals surface area contributed by atoms with Gasteiger partial charge in [-0.05, 0) is 19.1 Å². The van der Waals surface area contributed by atoms with Crippen LogP contribution in [0.2, 0.25) is 0 Å². The highest BCUT2D eigenvalue weighted by Gasteiger charge is 2.01. The molecule has 0 fully saturated rings. The van der Waals surface area contributed by atoms with Crippen molar-refractivity contribution in [3.05, 3.63) is 42.5 Å². The van der Waals surface area contributed by atoms with Crippen molar-refractivity contribution in [2.24, 2.45) is 0 Å². The fourth-order valence-corrected chi connectivity index (χ4v) is 1.02. The third kappa shape index (κ3) is 4.31. The van der Waals surface area contributed by atoms with Crippen LogP contribution in [-0.4, -0.2) is 19.1 Å². The van der Waals surface area contributed by atoms with E-state index in [1.807, 2.05) is 30.3 Å². The van der Waals surface area contributed by atoms with E-state index in [2.05, 4.69) is 11.9 Å². The highest BCUT2D eigenvalue weighted by atomic mass is 16.5. The normalized spacial score (nSPS) is 9.40. The number of carbonyl (C=O) groups excluding carboxylic acids is 1. The van der Waals surface area contributed by atoms with Gasteiger partial charge in [-0.2, -0.15) is 0 Å². The lowest BCUT2D eigenvalue weighted by atomic mass is 10.3. The number of ether oxygens (including phenoxy) is 1. The van der Waals surface area contributed by atoms with E-state index >= 15 is 0 Å². The molecule has 3 nitrogen and oxygen atoms in total. The summed E-state index contributed by atoms with van der Waals surface area (Å²) >= 11 is 0. The van der Waals surface area contributed by atoms with Crippen molar-refractivity contribution in [1.29, 1.82) is 0 Å². The Morgan fingerprint density at radius 2 is 2.07 bits per heavy atom. The second kappa shape index (κ2) is 5.86. The van der Waals surface area contributed by atoms with Crippen molar-refractivity contribution in [2.45, 2.75) is 6.92 Å². The van der Waals surface area contributed by atoms with Gasteiger partial charge in [-0.1, -0.05) is 24.8 Å². The molecule has 0 aromatic heterocycles. The van der Waals surface area contributed by atoms with E-state index in [9.17, 15) is 4.79 Å². The summed E-state index contributed by atoms with van der Waals surface area (Å²) < 4.78 is 4.92. The van der Waals surface area contributed by atoms with Crippen LogP contribution in [0.15, 0.2) is 42.5 Å². The molecule has 1 rings (SSSR count). The van der Waals surface area contributed by atoms with E-state index in [0.29, 0.717) is 18.7 Å². The topological polar surface area (TPSA) is 38.3 Å². The van der Waals surface area contributed by atoms with Crippen molar-refractivity contribution >= 4 is 11.7 Å². The van der Waals surface area contributed by atoms with Crippen molar-refractivity contribution in [1.82, 2.24) is 0 Å². The molecule has 15 heavy (non-hydrogen) atoms. The lowest BCUT2D eigenvalue weighted by molar-refractivity contribution is -0.138. The molecule has 0 saturated carbocycles. The number of anilines is 1. The quantitative estimate of drug-likeness (QED) is 0.455. The van der Waals surface area contributed by atoms with E-state index in [1.165, 1.54) is 0 Å². The zero-order chi connectivity index (χ0) is 11.1. The first-order valence-corrected chi connectivity index (χ1v) is 4.81. The number of rotatable bonds is 5. The standard InChI is InChI=1S/C12H15NO2/c1-10(2)12(14)15-9-8-13-11-6-4-3-5-7-11/h3-7,13H,1,8-9H2,2H3. The Bertz CT molecular complexity index is 333.